The van der Waals surface area contributed by atoms with Gasteiger partial charge in [-0.2, -0.15) is 9.30 Å². The number of fused-ring (bicyclic) bond motifs is 1. The molecule has 1 amide bonds. The predicted molar refractivity (Wildman–Crippen MR) is 108 cm³/mol. The summed E-state index contributed by atoms with van der Waals surface area (Å²) in [5, 5.41) is 2.12. The van der Waals surface area contributed by atoms with E-state index in [2.05, 4.69) is 9.98 Å². The Hall–Kier alpha value is -2.56. The lowest BCUT2D eigenvalue weighted by molar-refractivity contribution is 0.0999. The van der Waals surface area contributed by atoms with Gasteiger partial charge in [-0.1, -0.05) is 13.8 Å². The molecule has 0 fully saturated rings. The molecule has 8 nitrogen and oxygen atoms in total. The highest BCUT2D eigenvalue weighted by molar-refractivity contribution is 7.89. The molecule has 0 saturated heterocycles. The molecule has 3 rings (SSSR count). The van der Waals surface area contributed by atoms with E-state index in [1.54, 1.807) is 37.0 Å². The van der Waals surface area contributed by atoms with Crippen LogP contribution in [0.25, 0.3) is 10.9 Å². The summed E-state index contributed by atoms with van der Waals surface area (Å²) in [4.78, 5) is 32.0. The maximum Gasteiger partial charge on any atom is 0.280 e. The topological polar surface area (TPSA) is 105 Å². The van der Waals surface area contributed by atoms with Gasteiger partial charge in [-0.3, -0.25) is 9.59 Å². The van der Waals surface area contributed by atoms with Crippen molar-refractivity contribution in [2.45, 2.75) is 18.7 Å². The van der Waals surface area contributed by atoms with E-state index in [-0.39, 0.29) is 10.5 Å². The van der Waals surface area contributed by atoms with E-state index in [0.717, 1.165) is 6.07 Å². The van der Waals surface area contributed by atoms with Gasteiger partial charge in [0.1, 0.15) is 0 Å². The van der Waals surface area contributed by atoms with Crippen LogP contribution in [0.3, 0.4) is 0 Å². The second kappa shape index (κ2) is 7.82. The predicted octanol–water partition coefficient (Wildman–Crippen LogP) is 1.70. The van der Waals surface area contributed by atoms with Crippen molar-refractivity contribution in [2.75, 3.05) is 13.1 Å². The van der Waals surface area contributed by atoms with Crippen molar-refractivity contribution in [1.82, 2.24) is 13.9 Å². The Labute approximate surface area is 165 Å². The third kappa shape index (κ3) is 3.71. The molecule has 0 aliphatic rings. The lowest BCUT2D eigenvalue weighted by Crippen LogP contribution is -2.30. The maximum absolute atomic E-state index is 12.8. The van der Waals surface area contributed by atoms with Crippen LogP contribution in [0.2, 0.25) is 0 Å². The second-order valence-electron chi connectivity index (χ2n) is 6.06. The molecule has 0 spiro atoms. The summed E-state index contributed by atoms with van der Waals surface area (Å²) in [6, 6.07) is 5.48. The largest absolute Gasteiger partial charge is 0.327 e. The first kappa shape index (κ1) is 20.2. The molecule has 0 bridgehead atoms. The zero-order valence-electron chi connectivity index (χ0n) is 15.7. The van der Waals surface area contributed by atoms with Crippen LogP contribution in [0.1, 0.15) is 24.2 Å². The first-order valence-electron chi connectivity index (χ1n) is 8.64. The average Bonchev–Trinajstić information content (AvgIpc) is 3.05. The molecule has 2 heterocycles. The number of aryl methyl sites for hydroxylation is 1. The van der Waals surface area contributed by atoms with Gasteiger partial charge >= 0.3 is 0 Å². The highest BCUT2D eigenvalue weighted by Gasteiger charge is 2.23. The fraction of sp³-hybridized carbons (Fsp3) is 0.278. The third-order valence-electron chi connectivity index (χ3n) is 4.34. The monoisotopic (exact) mass is 420 g/mol. The zero-order chi connectivity index (χ0) is 20.5. The van der Waals surface area contributed by atoms with Crippen LogP contribution in [-0.2, 0) is 17.1 Å². The molecule has 0 aliphatic heterocycles. The van der Waals surface area contributed by atoms with Gasteiger partial charge in [-0.05, 0) is 18.2 Å². The average molecular weight is 421 g/mol. The highest BCUT2D eigenvalue weighted by atomic mass is 32.2. The van der Waals surface area contributed by atoms with Crippen molar-refractivity contribution in [3.63, 3.8) is 0 Å². The Balaban J connectivity index is 2.22. The third-order valence-corrected chi connectivity index (χ3v) is 7.24. The first-order valence-corrected chi connectivity index (χ1v) is 11.0. The number of carbonyl (C=O) groups is 1. The molecular weight excluding hydrogens is 400 g/mol. The smallest absolute Gasteiger partial charge is 0.280 e. The van der Waals surface area contributed by atoms with Crippen LogP contribution >= 0.6 is 11.3 Å². The Bertz CT molecular complexity index is 1260. The number of thiazole rings is 1. The standard InChI is InChI=1S/C18H20N4O4S2/c1-4-22(5-2)28(25,26)12-6-7-15-13(10-12)14(11-16(23)19-15)17(24)20-18-21(3)8-9-27-18/h6-11H,4-5H2,1-3H3,(H,19,23). The van der Waals surface area contributed by atoms with Crippen molar-refractivity contribution in [2.24, 2.45) is 12.0 Å². The number of aromatic amines is 1. The summed E-state index contributed by atoms with van der Waals surface area (Å²) in [5.41, 5.74) is -0.0233. The summed E-state index contributed by atoms with van der Waals surface area (Å²) in [6.07, 6.45) is 1.77. The number of carbonyl (C=O) groups excluding carboxylic acids is 1. The fourth-order valence-electron chi connectivity index (χ4n) is 2.86. The molecule has 0 saturated carbocycles. The number of hydrogen-bond donors (Lipinski definition) is 1. The SMILES string of the molecule is CCN(CC)S(=O)(=O)c1ccc2[nH]c(=O)cc(C(=O)N=c3sccn3C)c2c1. The zero-order valence-corrected chi connectivity index (χ0v) is 17.3. The quantitative estimate of drug-likeness (QED) is 0.678. The van der Waals surface area contributed by atoms with E-state index >= 15 is 0 Å². The first-order chi connectivity index (χ1) is 13.3. The minimum atomic E-state index is -3.70. The van der Waals surface area contributed by atoms with E-state index in [1.165, 1.54) is 33.8 Å². The van der Waals surface area contributed by atoms with Gasteiger partial charge in [0.05, 0.1) is 10.5 Å². The van der Waals surface area contributed by atoms with Crippen LogP contribution in [0.5, 0.6) is 0 Å². The van der Waals surface area contributed by atoms with Gasteiger partial charge in [0.15, 0.2) is 4.80 Å². The van der Waals surface area contributed by atoms with Crippen LogP contribution in [-0.4, -0.2) is 41.3 Å². The Morgan fingerprint density at radius 3 is 2.57 bits per heavy atom. The second-order valence-corrected chi connectivity index (χ2v) is 8.87. The van der Waals surface area contributed by atoms with Crippen molar-refractivity contribution in [3.05, 3.63) is 56.6 Å². The van der Waals surface area contributed by atoms with Crippen LogP contribution in [0, 0.1) is 0 Å². The molecule has 0 aliphatic carbocycles. The molecule has 28 heavy (non-hydrogen) atoms. The normalized spacial score (nSPS) is 12.8. The Morgan fingerprint density at radius 1 is 1.25 bits per heavy atom. The van der Waals surface area contributed by atoms with E-state index in [0.29, 0.717) is 28.8 Å². The van der Waals surface area contributed by atoms with Gasteiger partial charge in [-0.15, -0.1) is 11.3 Å². The number of sulfonamides is 1. The number of amides is 1. The van der Waals surface area contributed by atoms with Crippen molar-refractivity contribution < 1.29 is 13.2 Å². The summed E-state index contributed by atoms with van der Waals surface area (Å²) in [5.74, 6) is -0.605. The lowest BCUT2D eigenvalue weighted by atomic mass is 10.1. The van der Waals surface area contributed by atoms with Crippen LogP contribution in [0.4, 0.5) is 0 Å². The van der Waals surface area contributed by atoms with Gasteiger partial charge in [-0.25, -0.2) is 8.42 Å². The number of pyridine rings is 1. The highest BCUT2D eigenvalue weighted by Crippen LogP contribution is 2.23. The van der Waals surface area contributed by atoms with E-state index < -0.39 is 21.5 Å². The molecule has 1 aromatic carbocycles. The van der Waals surface area contributed by atoms with Gasteiger partial charge in [0, 0.05) is 48.7 Å². The maximum atomic E-state index is 12.8. The van der Waals surface area contributed by atoms with E-state index in [9.17, 15) is 18.0 Å². The molecule has 0 unspecified atom stereocenters. The van der Waals surface area contributed by atoms with Crippen molar-refractivity contribution in [1.29, 1.82) is 0 Å². The summed E-state index contributed by atoms with van der Waals surface area (Å²) < 4.78 is 28.7. The number of nitrogens with zero attached hydrogens (tertiary/aromatic N) is 3. The minimum absolute atomic E-state index is 0.0590. The number of rotatable bonds is 5. The number of H-pyrrole nitrogens is 1. The van der Waals surface area contributed by atoms with Crippen molar-refractivity contribution >= 4 is 38.2 Å². The van der Waals surface area contributed by atoms with Gasteiger partial charge < -0.3 is 9.55 Å². The van der Waals surface area contributed by atoms with E-state index in [4.69, 9.17) is 0 Å². The minimum Gasteiger partial charge on any atom is -0.327 e. The molecule has 1 N–H and O–H groups in total. The molecule has 0 radical (unpaired) electrons. The summed E-state index contributed by atoms with van der Waals surface area (Å²) >= 11 is 1.29. The van der Waals surface area contributed by atoms with Gasteiger partial charge in [0.25, 0.3) is 5.91 Å². The van der Waals surface area contributed by atoms with Crippen molar-refractivity contribution in [3.8, 4) is 0 Å². The van der Waals surface area contributed by atoms with Gasteiger partial charge in [0.2, 0.25) is 15.6 Å². The number of aromatic nitrogens is 2. The summed E-state index contributed by atoms with van der Waals surface area (Å²) in [7, 11) is -1.95. The Morgan fingerprint density at radius 2 is 1.96 bits per heavy atom. The molecule has 148 valence electrons. The summed E-state index contributed by atoms with van der Waals surface area (Å²) in [6.45, 7) is 4.18. The van der Waals surface area contributed by atoms with E-state index in [1.807, 2.05) is 0 Å². The molecule has 2 aromatic heterocycles. The number of nitrogens with one attached hydrogen (secondary N) is 1. The molecule has 3 aromatic rings. The molecule has 10 heteroatoms. The number of benzene rings is 1. The lowest BCUT2D eigenvalue weighted by Gasteiger charge is -2.18. The fourth-order valence-corrected chi connectivity index (χ4v) is 5.08. The Kier molecular flexibility index (Phi) is 5.64. The van der Waals surface area contributed by atoms with Crippen LogP contribution < -0.4 is 10.4 Å². The molecule has 0 atom stereocenters. The molecular formula is C18H20N4O4S2. The number of hydrogen-bond acceptors (Lipinski definition) is 5. The van der Waals surface area contributed by atoms with Crippen LogP contribution in [0.15, 0.2) is 50.5 Å².